The highest BCUT2D eigenvalue weighted by Gasteiger charge is 2.10. The van der Waals surface area contributed by atoms with E-state index in [1.807, 2.05) is 30.0 Å². The van der Waals surface area contributed by atoms with Gasteiger partial charge in [-0.25, -0.2) is 4.98 Å². The largest absolute Gasteiger partial charge is 0.390 e. The maximum absolute atomic E-state index is 9.04. The smallest absolute Gasteiger partial charge is 0.128 e. The molecule has 0 saturated heterocycles. The Morgan fingerprint density at radius 1 is 1.50 bits per heavy atom. The molecule has 0 saturated carbocycles. The topological polar surface area (TPSA) is 36.4 Å². The minimum absolute atomic E-state index is 0.000866. The summed E-state index contributed by atoms with van der Waals surface area (Å²) in [7, 11) is 2.05. The van der Waals surface area contributed by atoms with E-state index in [0.717, 1.165) is 23.7 Å². The van der Waals surface area contributed by atoms with Gasteiger partial charge in [0.05, 0.1) is 12.3 Å². The SMILES string of the molecule is CSCCC(C)N(C)c1cccc(CO)n1. The van der Waals surface area contributed by atoms with Crippen LogP contribution < -0.4 is 4.90 Å². The van der Waals surface area contributed by atoms with Crippen molar-refractivity contribution >= 4 is 17.6 Å². The van der Waals surface area contributed by atoms with E-state index < -0.39 is 0 Å². The van der Waals surface area contributed by atoms with Crippen molar-refractivity contribution in [3.05, 3.63) is 23.9 Å². The number of rotatable bonds is 6. The number of hydrogen-bond donors (Lipinski definition) is 1. The Balaban J connectivity index is 2.67. The Bertz CT molecular complexity index is 320. The Hall–Kier alpha value is -0.740. The maximum atomic E-state index is 9.04. The molecule has 0 amide bonds. The van der Waals surface area contributed by atoms with E-state index in [4.69, 9.17) is 5.11 Å². The lowest BCUT2D eigenvalue weighted by molar-refractivity contribution is 0.277. The van der Waals surface area contributed by atoms with Crippen molar-refractivity contribution in [1.29, 1.82) is 0 Å². The van der Waals surface area contributed by atoms with Crippen LogP contribution in [0.15, 0.2) is 18.2 Å². The van der Waals surface area contributed by atoms with Gasteiger partial charge in [0, 0.05) is 13.1 Å². The van der Waals surface area contributed by atoms with Gasteiger partial charge in [-0.15, -0.1) is 0 Å². The van der Waals surface area contributed by atoms with E-state index in [1.165, 1.54) is 0 Å². The fourth-order valence-corrected chi connectivity index (χ4v) is 2.04. The van der Waals surface area contributed by atoms with Gasteiger partial charge in [-0.3, -0.25) is 0 Å². The molecular formula is C12H20N2OS. The molecule has 3 nitrogen and oxygen atoms in total. The zero-order chi connectivity index (χ0) is 12.0. The van der Waals surface area contributed by atoms with Crippen LogP contribution in [0.2, 0.25) is 0 Å². The van der Waals surface area contributed by atoms with Crippen LogP contribution in [-0.4, -0.2) is 35.2 Å². The molecule has 0 aliphatic carbocycles. The molecule has 1 heterocycles. The second-order valence-electron chi connectivity index (χ2n) is 3.89. The molecule has 0 aliphatic heterocycles. The first-order valence-corrected chi connectivity index (χ1v) is 6.87. The van der Waals surface area contributed by atoms with Crippen LogP contribution in [0.3, 0.4) is 0 Å². The molecule has 1 unspecified atom stereocenters. The Labute approximate surface area is 102 Å². The number of nitrogens with zero attached hydrogens (tertiary/aromatic N) is 2. The molecule has 0 bridgehead atoms. The van der Waals surface area contributed by atoms with Crippen LogP contribution >= 0.6 is 11.8 Å². The zero-order valence-electron chi connectivity index (χ0n) is 10.2. The molecule has 90 valence electrons. The fraction of sp³-hybridized carbons (Fsp3) is 0.583. The predicted octanol–water partition coefficient (Wildman–Crippen LogP) is 2.15. The lowest BCUT2D eigenvalue weighted by Crippen LogP contribution is -2.30. The van der Waals surface area contributed by atoms with Crippen molar-refractivity contribution in [2.75, 3.05) is 24.0 Å². The second kappa shape index (κ2) is 6.76. The average Bonchev–Trinajstić information content (AvgIpc) is 2.35. The van der Waals surface area contributed by atoms with E-state index in [-0.39, 0.29) is 6.61 Å². The third-order valence-corrected chi connectivity index (χ3v) is 3.36. The van der Waals surface area contributed by atoms with Gasteiger partial charge in [0.2, 0.25) is 0 Å². The molecule has 0 aliphatic rings. The van der Waals surface area contributed by atoms with E-state index in [0.29, 0.717) is 6.04 Å². The first kappa shape index (κ1) is 13.3. The first-order valence-electron chi connectivity index (χ1n) is 5.47. The number of aliphatic hydroxyl groups excluding tert-OH is 1. The van der Waals surface area contributed by atoms with Gasteiger partial charge in [-0.05, 0) is 37.5 Å². The summed E-state index contributed by atoms with van der Waals surface area (Å²) in [6.45, 7) is 2.20. The van der Waals surface area contributed by atoms with E-state index in [9.17, 15) is 0 Å². The predicted molar refractivity (Wildman–Crippen MR) is 71.0 cm³/mol. The van der Waals surface area contributed by atoms with Crippen LogP contribution in [0.5, 0.6) is 0 Å². The molecule has 1 aromatic rings. The van der Waals surface area contributed by atoms with E-state index >= 15 is 0 Å². The third kappa shape index (κ3) is 3.68. The van der Waals surface area contributed by atoms with Gasteiger partial charge in [0.25, 0.3) is 0 Å². The molecule has 0 radical (unpaired) electrons. The van der Waals surface area contributed by atoms with Crippen LogP contribution in [0.1, 0.15) is 19.0 Å². The van der Waals surface area contributed by atoms with Crippen molar-refractivity contribution in [3.8, 4) is 0 Å². The molecule has 1 N–H and O–H groups in total. The van der Waals surface area contributed by atoms with Gasteiger partial charge in [0.1, 0.15) is 5.82 Å². The number of anilines is 1. The van der Waals surface area contributed by atoms with Gasteiger partial charge in [-0.2, -0.15) is 11.8 Å². The minimum Gasteiger partial charge on any atom is -0.390 e. The van der Waals surface area contributed by atoms with Gasteiger partial charge >= 0.3 is 0 Å². The average molecular weight is 240 g/mol. The Morgan fingerprint density at radius 3 is 2.88 bits per heavy atom. The summed E-state index contributed by atoms with van der Waals surface area (Å²) in [5.41, 5.74) is 0.724. The van der Waals surface area contributed by atoms with Crippen molar-refractivity contribution in [2.45, 2.75) is 26.0 Å². The third-order valence-electron chi connectivity index (χ3n) is 2.72. The molecule has 4 heteroatoms. The van der Waals surface area contributed by atoms with Crippen LogP contribution in [-0.2, 0) is 6.61 Å². The number of hydrogen-bond acceptors (Lipinski definition) is 4. The zero-order valence-corrected chi connectivity index (χ0v) is 11.0. The summed E-state index contributed by atoms with van der Waals surface area (Å²) in [5.74, 6) is 2.09. The summed E-state index contributed by atoms with van der Waals surface area (Å²) in [6, 6.07) is 6.22. The monoisotopic (exact) mass is 240 g/mol. The van der Waals surface area contributed by atoms with Crippen molar-refractivity contribution in [3.63, 3.8) is 0 Å². The molecular weight excluding hydrogens is 220 g/mol. The summed E-state index contributed by atoms with van der Waals surface area (Å²) in [5, 5.41) is 9.04. The van der Waals surface area contributed by atoms with Crippen molar-refractivity contribution < 1.29 is 5.11 Å². The van der Waals surface area contributed by atoms with Crippen LogP contribution in [0, 0.1) is 0 Å². The molecule has 1 atom stereocenters. The highest BCUT2D eigenvalue weighted by atomic mass is 32.2. The van der Waals surface area contributed by atoms with Gasteiger partial charge < -0.3 is 10.0 Å². The summed E-state index contributed by atoms with van der Waals surface area (Å²) in [4.78, 5) is 6.55. The molecule has 0 aromatic carbocycles. The van der Waals surface area contributed by atoms with Gasteiger partial charge in [0.15, 0.2) is 0 Å². The molecule has 0 fully saturated rings. The molecule has 0 spiro atoms. The highest BCUT2D eigenvalue weighted by Crippen LogP contribution is 2.15. The molecule has 1 rings (SSSR count). The quantitative estimate of drug-likeness (QED) is 0.826. The van der Waals surface area contributed by atoms with E-state index in [2.05, 4.69) is 30.1 Å². The normalized spacial score (nSPS) is 12.5. The van der Waals surface area contributed by atoms with Crippen LogP contribution in [0.25, 0.3) is 0 Å². The summed E-state index contributed by atoms with van der Waals surface area (Å²) < 4.78 is 0. The Morgan fingerprint density at radius 2 is 2.25 bits per heavy atom. The lowest BCUT2D eigenvalue weighted by atomic mass is 10.2. The number of pyridine rings is 1. The lowest BCUT2D eigenvalue weighted by Gasteiger charge is -2.26. The standard InChI is InChI=1S/C12H20N2OS/c1-10(7-8-16-3)14(2)12-6-4-5-11(9-15)13-12/h4-6,10,15H,7-9H2,1-3H3. The molecule has 16 heavy (non-hydrogen) atoms. The second-order valence-corrected chi connectivity index (χ2v) is 4.87. The van der Waals surface area contributed by atoms with Gasteiger partial charge in [-0.1, -0.05) is 6.07 Å². The summed E-state index contributed by atoms with van der Waals surface area (Å²) in [6.07, 6.45) is 3.26. The van der Waals surface area contributed by atoms with Crippen molar-refractivity contribution in [1.82, 2.24) is 4.98 Å². The number of aliphatic hydroxyl groups is 1. The fourth-order valence-electron chi connectivity index (χ4n) is 1.46. The number of thioether (sulfide) groups is 1. The first-order chi connectivity index (χ1) is 7.69. The number of aromatic nitrogens is 1. The minimum atomic E-state index is 0.000866. The Kier molecular flexibility index (Phi) is 5.63. The maximum Gasteiger partial charge on any atom is 0.128 e. The van der Waals surface area contributed by atoms with E-state index in [1.54, 1.807) is 0 Å². The highest BCUT2D eigenvalue weighted by molar-refractivity contribution is 7.98. The molecule has 1 aromatic heterocycles. The van der Waals surface area contributed by atoms with Crippen LogP contribution in [0.4, 0.5) is 5.82 Å². The summed E-state index contributed by atoms with van der Waals surface area (Å²) >= 11 is 1.86. The van der Waals surface area contributed by atoms with Crippen molar-refractivity contribution in [2.24, 2.45) is 0 Å².